The van der Waals surface area contributed by atoms with E-state index in [1.54, 1.807) is 0 Å². The quantitative estimate of drug-likeness (QED) is 0.154. The second-order valence-corrected chi connectivity index (χ2v) is 16.1. The summed E-state index contributed by atoms with van der Waals surface area (Å²) in [7, 11) is 0. The normalized spacial score (nSPS) is 14.7. The van der Waals surface area contributed by atoms with E-state index in [2.05, 4.69) is 219 Å². The molecule has 0 heterocycles. The van der Waals surface area contributed by atoms with Crippen LogP contribution in [0, 0.1) is 0 Å². The lowest BCUT2D eigenvalue weighted by atomic mass is 9.73. The third-order valence-corrected chi connectivity index (χ3v) is 13.1. The van der Waals surface area contributed by atoms with E-state index in [1.165, 1.54) is 115 Å². The van der Waals surface area contributed by atoms with E-state index in [0.717, 1.165) is 0 Å². The Morgan fingerprint density at radius 2 is 0.759 bits per heavy atom. The molecular formula is C58H38. The van der Waals surface area contributed by atoms with Crippen molar-refractivity contribution >= 4 is 43.1 Å². The zero-order chi connectivity index (χ0) is 38.4. The maximum absolute atomic E-state index is 2.47. The Morgan fingerprint density at radius 1 is 0.276 bits per heavy atom. The molecule has 0 radical (unpaired) electrons. The molecule has 0 bridgehead atoms. The highest BCUT2D eigenvalue weighted by molar-refractivity contribution is 6.28. The molecule has 0 fully saturated rings. The highest BCUT2D eigenvalue weighted by Gasteiger charge is 2.41. The highest BCUT2D eigenvalue weighted by atomic mass is 14.4. The Kier molecular flexibility index (Phi) is 7.16. The number of rotatable bonds is 5. The van der Waals surface area contributed by atoms with Crippen LogP contribution in [-0.4, -0.2) is 0 Å². The summed E-state index contributed by atoms with van der Waals surface area (Å²) < 4.78 is 0. The van der Waals surface area contributed by atoms with Crippen molar-refractivity contribution < 1.29 is 0 Å². The Morgan fingerprint density at radius 3 is 1.43 bits per heavy atom. The van der Waals surface area contributed by atoms with Gasteiger partial charge in [0, 0.05) is 5.41 Å². The standard InChI is InChI=1S/C58H38/c1-58(45-19-9-4-10-20-45)54-36-44(26-30-49(54)53-34-41-17-11-12-18-42(41)35-55(53)58)43-25-29-48(52(33-43)38-15-7-3-8-16-38)47-28-22-40-23-31-50-46(37-13-5-2-6-14-37)27-21-39-24-32-51(47)57(40)56(39)50/h2-36H,1H3. The number of fused-ring (bicyclic) bond motifs is 4. The monoisotopic (exact) mass is 734 g/mol. The van der Waals surface area contributed by atoms with Gasteiger partial charge in [-0.1, -0.05) is 188 Å². The second-order valence-electron chi connectivity index (χ2n) is 16.1. The van der Waals surface area contributed by atoms with Crippen molar-refractivity contribution in [1.82, 2.24) is 0 Å². The van der Waals surface area contributed by atoms with Gasteiger partial charge in [0.25, 0.3) is 0 Å². The van der Waals surface area contributed by atoms with Crippen molar-refractivity contribution in [3.05, 3.63) is 229 Å². The van der Waals surface area contributed by atoms with Crippen LogP contribution in [0.15, 0.2) is 212 Å². The van der Waals surface area contributed by atoms with Gasteiger partial charge < -0.3 is 0 Å². The Bertz CT molecular complexity index is 3380. The fourth-order valence-corrected chi connectivity index (χ4v) is 10.2. The summed E-state index contributed by atoms with van der Waals surface area (Å²) in [6, 6.07) is 79.2. The molecule has 11 aromatic carbocycles. The average Bonchev–Trinajstić information content (AvgIpc) is 3.54. The first-order chi connectivity index (χ1) is 28.6. The molecule has 1 aliphatic rings. The van der Waals surface area contributed by atoms with Crippen LogP contribution in [0.4, 0.5) is 0 Å². The average molecular weight is 735 g/mol. The van der Waals surface area contributed by atoms with Crippen molar-refractivity contribution in [2.45, 2.75) is 12.3 Å². The molecule has 0 amide bonds. The predicted molar refractivity (Wildman–Crippen MR) is 247 cm³/mol. The summed E-state index contributed by atoms with van der Waals surface area (Å²) in [4.78, 5) is 0. The summed E-state index contributed by atoms with van der Waals surface area (Å²) in [5.74, 6) is 0. The summed E-state index contributed by atoms with van der Waals surface area (Å²) in [5.41, 5.74) is 16.3. The molecule has 270 valence electrons. The predicted octanol–water partition coefficient (Wildman–Crippen LogP) is 15.7. The van der Waals surface area contributed by atoms with Crippen LogP contribution in [0.1, 0.15) is 23.6 Å². The number of benzene rings is 11. The lowest BCUT2D eigenvalue weighted by Gasteiger charge is -2.29. The molecule has 0 aliphatic heterocycles. The van der Waals surface area contributed by atoms with Crippen LogP contribution >= 0.6 is 0 Å². The van der Waals surface area contributed by atoms with Gasteiger partial charge in [0.1, 0.15) is 0 Å². The Balaban J connectivity index is 1.05. The maximum Gasteiger partial charge on any atom is 0.0435 e. The van der Waals surface area contributed by atoms with E-state index in [-0.39, 0.29) is 5.41 Å². The first-order valence-electron chi connectivity index (χ1n) is 20.3. The second kappa shape index (κ2) is 12.6. The van der Waals surface area contributed by atoms with Crippen LogP contribution in [0.2, 0.25) is 0 Å². The molecule has 58 heavy (non-hydrogen) atoms. The molecule has 0 heteroatoms. The van der Waals surface area contributed by atoms with Crippen LogP contribution in [-0.2, 0) is 5.41 Å². The molecule has 11 aromatic rings. The fraction of sp³-hybridized carbons (Fsp3) is 0.0345. The molecule has 0 aromatic heterocycles. The zero-order valence-electron chi connectivity index (χ0n) is 32.2. The molecule has 0 N–H and O–H groups in total. The van der Waals surface area contributed by atoms with Gasteiger partial charge in [-0.3, -0.25) is 0 Å². The first-order valence-corrected chi connectivity index (χ1v) is 20.3. The molecule has 0 nitrogen and oxygen atoms in total. The SMILES string of the molecule is CC1(c2ccccc2)c2cc(-c3ccc(-c4ccc5ccc6c(-c7ccccc7)ccc7ccc4c5c76)c(-c4ccccc4)c3)ccc2-c2cc3ccccc3cc21. The van der Waals surface area contributed by atoms with E-state index >= 15 is 0 Å². The van der Waals surface area contributed by atoms with Crippen LogP contribution in [0.25, 0.3) is 98.7 Å². The van der Waals surface area contributed by atoms with Gasteiger partial charge in [0.05, 0.1) is 0 Å². The minimum absolute atomic E-state index is 0.295. The van der Waals surface area contributed by atoms with Crippen molar-refractivity contribution in [2.75, 3.05) is 0 Å². The van der Waals surface area contributed by atoms with Crippen molar-refractivity contribution in [3.63, 3.8) is 0 Å². The zero-order valence-corrected chi connectivity index (χ0v) is 32.2. The third-order valence-electron chi connectivity index (χ3n) is 13.1. The van der Waals surface area contributed by atoms with Gasteiger partial charge in [0.15, 0.2) is 0 Å². The fourth-order valence-electron chi connectivity index (χ4n) is 10.2. The van der Waals surface area contributed by atoms with Crippen LogP contribution in [0.5, 0.6) is 0 Å². The van der Waals surface area contributed by atoms with E-state index < -0.39 is 0 Å². The first kappa shape index (κ1) is 32.9. The molecule has 1 aliphatic carbocycles. The molecule has 0 spiro atoms. The summed E-state index contributed by atoms with van der Waals surface area (Å²) in [6.07, 6.45) is 0. The van der Waals surface area contributed by atoms with E-state index in [1.807, 2.05) is 0 Å². The smallest absolute Gasteiger partial charge is 0.0435 e. The van der Waals surface area contributed by atoms with E-state index in [9.17, 15) is 0 Å². The van der Waals surface area contributed by atoms with Gasteiger partial charge in [-0.15, -0.1) is 0 Å². The Labute approximate surface area is 338 Å². The van der Waals surface area contributed by atoms with Gasteiger partial charge in [-0.2, -0.15) is 0 Å². The topological polar surface area (TPSA) is 0 Å². The molecule has 0 saturated carbocycles. The largest absolute Gasteiger partial charge is 0.0622 e. The van der Waals surface area contributed by atoms with Gasteiger partial charge in [-0.25, -0.2) is 0 Å². The van der Waals surface area contributed by atoms with E-state index in [0.29, 0.717) is 0 Å². The summed E-state index contributed by atoms with van der Waals surface area (Å²) >= 11 is 0. The van der Waals surface area contributed by atoms with Gasteiger partial charge in [0.2, 0.25) is 0 Å². The highest BCUT2D eigenvalue weighted by Crippen LogP contribution is 2.54. The minimum atomic E-state index is -0.295. The van der Waals surface area contributed by atoms with Crippen molar-refractivity contribution in [1.29, 1.82) is 0 Å². The molecule has 1 atom stereocenters. The van der Waals surface area contributed by atoms with E-state index in [4.69, 9.17) is 0 Å². The van der Waals surface area contributed by atoms with Crippen molar-refractivity contribution in [3.8, 4) is 55.6 Å². The van der Waals surface area contributed by atoms with Crippen LogP contribution < -0.4 is 0 Å². The summed E-state index contributed by atoms with van der Waals surface area (Å²) in [5, 5.41) is 10.4. The Hall–Kier alpha value is -7.28. The maximum atomic E-state index is 2.47. The number of hydrogen-bond donors (Lipinski definition) is 0. The minimum Gasteiger partial charge on any atom is -0.0622 e. The summed E-state index contributed by atoms with van der Waals surface area (Å²) in [6.45, 7) is 2.42. The lowest BCUT2D eigenvalue weighted by molar-refractivity contribution is 0.715. The number of hydrogen-bond acceptors (Lipinski definition) is 0. The van der Waals surface area contributed by atoms with Gasteiger partial charge >= 0.3 is 0 Å². The third kappa shape index (κ3) is 4.82. The van der Waals surface area contributed by atoms with Crippen LogP contribution in [0.3, 0.4) is 0 Å². The molecule has 12 rings (SSSR count). The van der Waals surface area contributed by atoms with Gasteiger partial charge in [-0.05, 0) is 147 Å². The van der Waals surface area contributed by atoms with Crippen molar-refractivity contribution in [2.24, 2.45) is 0 Å². The molecular weight excluding hydrogens is 697 g/mol. The molecule has 0 saturated heterocycles. The molecule has 1 unspecified atom stereocenters. The lowest BCUT2D eigenvalue weighted by Crippen LogP contribution is -2.22.